The fourth-order valence-corrected chi connectivity index (χ4v) is 4.39. The molecular formula is C18H17ClN4OS2. The van der Waals surface area contributed by atoms with Crippen LogP contribution in [0, 0.1) is 11.3 Å². The van der Waals surface area contributed by atoms with Gasteiger partial charge in [-0.3, -0.25) is 4.79 Å². The van der Waals surface area contributed by atoms with E-state index < -0.39 is 0 Å². The number of hydrogen-bond acceptors (Lipinski definition) is 5. The number of aromatic nitrogens is 2. The van der Waals surface area contributed by atoms with Crippen LogP contribution in [0.1, 0.15) is 25.8 Å². The van der Waals surface area contributed by atoms with Crippen LogP contribution >= 0.6 is 34.7 Å². The molecule has 3 rings (SSSR count). The Hall–Kier alpha value is -2.01. The number of fused-ring (bicyclic) bond motifs is 1. The lowest BCUT2D eigenvalue weighted by Gasteiger charge is -2.12. The van der Waals surface area contributed by atoms with Gasteiger partial charge in [0.15, 0.2) is 5.16 Å². The highest BCUT2D eigenvalue weighted by atomic mass is 35.5. The molecule has 0 unspecified atom stereocenters. The first-order chi connectivity index (χ1) is 12.5. The Morgan fingerprint density at radius 1 is 1.50 bits per heavy atom. The molecule has 3 aromatic rings. The fraction of sp³-hybridized carbons (Fsp3) is 0.278. The number of benzene rings is 1. The lowest BCUT2D eigenvalue weighted by Crippen LogP contribution is -2.22. The minimum atomic E-state index is -0.355. The van der Waals surface area contributed by atoms with Crippen molar-refractivity contribution in [2.75, 3.05) is 5.32 Å². The van der Waals surface area contributed by atoms with Crippen LogP contribution in [0.4, 0.5) is 5.00 Å². The summed E-state index contributed by atoms with van der Waals surface area (Å²) >= 11 is 8.82. The van der Waals surface area contributed by atoms with E-state index in [1.165, 1.54) is 23.1 Å². The van der Waals surface area contributed by atoms with E-state index in [0.717, 1.165) is 29.2 Å². The number of rotatable bonds is 6. The zero-order valence-electron chi connectivity index (χ0n) is 14.3. The standard InChI is InChI=1S/C18H17ClN4OS2/c1-3-7-23-15-5-4-13(19)9-14(15)21-18(23)26-11(2)16(24)22-17-12(10-20)6-8-25-17/h4-6,8-9,11H,3,7H2,1-2H3,(H,22,24)/t11-/m1/s1. The Morgan fingerprint density at radius 3 is 3.04 bits per heavy atom. The van der Waals surface area contributed by atoms with E-state index in [1.807, 2.05) is 25.1 Å². The zero-order valence-corrected chi connectivity index (χ0v) is 16.7. The van der Waals surface area contributed by atoms with Crippen molar-refractivity contribution >= 4 is 56.6 Å². The smallest absolute Gasteiger partial charge is 0.238 e. The lowest BCUT2D eigenvalue weighted by molar-refractivity contribution is -0.115. The molecule has 1 aromatic carbocycles. The summed E-state index contributed by atoms with van der Waals surface area (Å²) in [4.78, 5) is 17.2. The van der Waals surface area contributed by atoms with Crippen molar-refractivity contribution in [2.45, 2.75) is 37.2 Å². The van der Waals surface area contributed by atoms with Crippen molar-refractivity contribution in [3.8, 4) is 6.07 Å². The first-order valence-electron chi connectivity index (χ1n) is 8.14. The summed E-state index contributed by atoms with van der Waals surface area (Å²) in [6.07, 6.45) is 0.961. The summed E-state index contributed by atoms with van der Waals surface area (Å²) in [5.41, 5.74) is 2.32. The van der Waals surface area contributed by atoms with Crippen LogP contribution in [0.5, 0.6) is 0 Å². The second-order valence-corrected chi connectivity index (χ2v) is 8.36. The largest absolute Gasteiger partial charge is 0.319 e. The number of amides is 1. The number of anilines is 1. The highest BCUT2D eigenvalue weighted by molar-refractivity contribution is 8.00. The molecule has 0 fully saturated rings. The summed E-state index contributed by atoms with van der Waals surface area (Å²) in [5, 5.41) is 15.3. The van der Waals surface area contributed by atoms with Gasteiger partial charge in [0.1, 0.15) is 11.1 Å². The summed E-state index contributed by atoms with van der Waals surface area (Å²) < 4.78 is 2.12. The SMILES string of the molecule is CCCn1c(S[C@H](C)C(=O)Nc2sccc2C#N)nc2cc(Cl)ccc21. The van der Waals surface area contributed by atoms with Gasteiger partial charge in [-0.1, -0.05) is 30.3 Å². The predicted octanol–water partition coefficient (Wildman–Crippen LogP) is 5.15. The van der Waals surface area contributed by atoms with Crippen LogP contribution in [0.15, 0.2) is 34.8 Å². The molecule has 1 atom stereocenters. The molecule has 5 nitrogen and oxygen atoms in total. The van der Waals surface area contributed by atoms with Gasteiger partial charge >= 0.3 is 0 Å². The first kappa shape index (κ1) is 18.8. The van der Waals surface area contributed by atoms with Crippen LogP contribution in [-0.4, -0.2) is 20.7 Å². The molecule has 0 radical (unpaired) electrons. The van der Waals surface area contributed by atoms with Crippen LogP contribution < -0.4 is 5.32 Å². The lowest BCUT2D eigenvalue weighted by atomic mass is 10.3. The second-order valence-electron chi connectivity index (χ2n) is 5.70. The molecule has 1 amide bonds. The maximum Gasteiger partial charge on any atom is 0.238 e. The summed E-state index contributed by atoms with van der Waals surface area (Å²) in [7, 11) is 0. The number of hydrogen-bond donors (Lipinski definition) is 1. The minimum Gasteiger partial charge on any atom is -0.319 e. The van der Waals surface area contributed by atoms with Crippen LogP contribution in [-0.2, 0) is 11.3 Å². The third-order valence-electron chi connectivity index (χ3n) is 3.80. The first-order valence-corrected chi connectivity index (χ1v) is 10.3. The molecular weight excluding hydrogens is 388 g/mol. The van der Waals surface area contributed by atoms with Crippen LogP contribution in [0.3, 0.4) is 0 Å². The molecule has 0 aliphatic heterocycles. The maximum atomic E-state index is 12.5. The molecule has 2 aromatic heterocycles. The highest BCUT2D eigenvalue weighted by Crippen LogP contribution is 2.30. The molecule has 8 heteroatoms. The molecule has 0 aliphatic rings. The fourth-order valence-electron chi connectivity index (χ4n) is 2.53. The number of nitrogens with zero attached hydrogens (tertiary/aromatic N) is 3. The third kappa shape index (κ3) is 3.88. The van der Waals surface area contributed by atoms with Gasteiger partial charge in [0.25, 0.3) is 0 Å². The van der Waals surface area contributed by atoms with Gasteiger partial charge in [0.2, 0.25) is 5.91 Å². The number of thioether (sulfide) groups is 1. The van der Waals surface area contributed by atoms with Crippen molar-refractivity contribution in [1.82, 2.24) is 9.55 Å². The van der Waals surface area contributed by atoms with E-state index in [1.54, 1.807) is 11.4 Å². The number of nitrogens with one attached hydrogen (secondary N) is 1. The predicted molar refractivity (Wildman–Crippen MR) is 108 cm³/mol. The van der Waals surface area contributed by atoms with E-state index in [9.17, 15) is 4.79 Å². The van der Waals surface area contributed by atoms with Crippen molar-refractivity contribution in [3.05, 3.63) is 40.2 Å². The van der Waals surface area contributed by atoms with Gasteiger partial charge in [-0.25, -0.2) is 4.98 Å². The molecule has 0 bridgehead atoms. The van der Waals surface area contributed by atoms with E-state index in [2.05, 4.69) is 27.9 Å². The second kappa shape index (κ2) is 8.12. The van der Waals surface area contributed by atoms with Crippen molar-refractivity contribution in [3.63, 3.8) is 0 Å². The number of aryl methyl sites for hydroxylation is 1. The summed E-state index contributed by atoms with van der Waals surface area (Å²) in [6.45, 7) is 4.76. The van der Waals surface area contributed by atoms with Gasteiger partial charge in [0.05, 0.1) is 21.8 Å². The van der Waals surface area contributed by atoms with Gasteiger partial charge in [-0.05, 0) is 43.0 Å². The Morgan fingerprint density at radius 2 is 2.31 bits per heavy atom. The Labute approximate surface area is 165 Å². The molecule has 2 heterocycles. The van der Waals surface area contributed by atoms with E-state index in [4.69, 9.17) is 16.9 Å². The molecule has 134 valence electrons. The number of thiophene rings is 1. The highest BCUT2D eigenvalue weighted by Gasteiger charge is 2.20. The van der Waals surface area contributed by atoms with Crippen molar-refractivity contribution in [2.24, 2.45) is 0 Å². The zero-order chi connectivity index (χ0) is 18.7. The summed E-state index contributed by atoms with van der Waals surface area (Å²) in [6, 6.07) is 9.42. The number of carbonyl (C=O) groups excluding carboxylic acids is 1. The minimum absolute atomic E-state index is 0.151. The quantitative estimate of drug-likeness (QED) is 0.576. The van der Waals surface area contributed by atoms with Gasteiger partial charge in [-0.2, -0.15) is 5.26 Å². The van der Waals surface area contributed by atoms with E-state index in [-0.39, 0.29) is 11.2 Å². The number of halogens is 1. The Kier molecular flexibility index (Phi) is 5.87. The number of carbonyl (C=O) groups is 1. The van der Waals surface area contributed by atoms with Crippen LogP contribution in [0.2, 0.25) is 5.02 Å². The molecule has 1 N–H and O–H groups in total. The average molecular weight is 405 g/mol. The number of nitriles is 1. The van der Waals surface area contributed by atoms with E-state index >= 15 is 0 Å². The molecule has 0 saturated heterocycles. The summed E-state index contributed by atoms with van der Waals surface area (Å²) in [5.74, 6) is -0.151. The van der Waals surface area contributed by atoms with E-state index in [0.29, 0.717) is 15.6 Å². The topological polar surface area (TPSA) is 70.7 Å². The van der Waals surface area contributed by atoms with Gasteiger partial charge in [0, 0.05) is 11.6 Å². The molecule has 26 heavy (non-hydrogen) atoms. The van der Waals surface area contributed by atoms with Gasteiger partial charge < -0.3 is 9.88 Å². The molecule has 0 saturated carbocycles. The average Bonchev–Trinajstić information content (AvgIpc) is 3.19. The maximum absolute atomic E-state index is 12.5. The normalized spacial score (nSPS) is 12.1. The van der Waals surface area contributed by atoms with Gasteiger partial charge in [-0.15, -0.1) is 11.3 Å². The monoisotopic (exact) mass is 404 g/mol. The Balaban J connectivity index is 1.82. The molecule has 0 aliphatic carbocycles. The Bertz CT molecular complexity index is 989. The van der Waals surface area contributed by atoms with Crippen molar-refractivity contribution < 1.29 is 4.79 Å². The molecule has 0 spiro atoms. The van der Waals surface area contributed by atoms with Crippen LogP contribution in [0.25, 0.3) is 11.0 Å². The number of imidazole rings is 1. The third-order valence-corrected chi connectivity index (χ3v) is 5.95. The van der Waals surface area contributed by atoms with Crippen molar-refractivity contribution in [1.29, 1.82) is 5.26 Å².